The number of hydrogen-bond acceptors (Lipinski definition) is 4. The lowest BCUT2D eigenvalue weighted by Gasteiger charge is -2.35. The molecule has 2 rings (SSSR count). The molecule has 1 aromatic heterocycles. The van der Waals surface area contributed by atoms with Crippen LogP contribution in [0.4, 0.5) is 0 Å². The van der Waals surface area contributed by atoms with E-state index in [1.807, 2.05) is 11.0 Å². The SMILES string of the molecule is CCC(C)CC(=O)N1CCN(CCCCCc2ccc(C(N)=O)cn2)CC1. The lowest BCUT2D eigenvalue weighted by atomic mass is 10.0. The minimum atomic E-state index is -0.435. The van der Waals surface area contributed by atoms with Gasteiger partial charge >= 0.3 is 0 Å². The van der Waals surface area contributed by atoms with Crippen LogP contribution in [0.25, 0.3) is 0 Å². The van der Waals surface area contributed by atoms with Gasteiger partial charge in [0.1, 0.15) is 0 Å². The first kappa shape index (κ1) is 21.4. The monoisotopic (exact) mass is 374 g/mol. The highest BCUT2D eigenvalue weighted by atomic mass is 16.2. The fourth-order valence-corrected chi connectivity index (χ4v) is 3.33. The van der Waals surface area contributed by atoms with Crippen molar-refractivity contribution in [2.75, 3.05) is 32.7 Å². The van der Waals surface area contributed by atoms with Crippen LogP contribution >= 0.6 is 0 Å². The smallest absolute Gasteiger partial charge is 0.250 e. The van der Waals surface area contributed by atoms with E-state index in [1.165, 1.54) is 6.42 Å². The van der Waals surface area contributed by atoms with Crippen LogP contribution in [0.1, 0.15) is 62.0 Å². The fourth-order valence-electron chi connectivity index (χ4n) is 3.33. The molecule has 0 aliphatic carbocycles. The second kappa shape index (κ2) is 11.0. The zero-order valence-electron chi connectivity index (χ0n) is 16.8. The van der Waals surface area contributed by atoms with Gasteiger partial charge in [-0.25, -0.2) is 0 Å². The average molecular weight is 375 g/mol. The Labute approximate surface area is 163 Å². The van der Waals surface area contributed by atoms with Gasteiger partial charge in [-0.2, -0.15) is 0 Å². The molecular formula is C21H34N4O2. The summed E-state index contributed by atoms with van der Waals surface area (Å²) in [5, 5.41) is 0. The summed E-state index contributed by atoms with van der Waals surface area (Å²) in [6.07, 6.45) is 7.65. The molecule has 2 N–H and O–H groups in total. The topological polar surface area (TPSA) is 79.5 Å². The average Bonchev–Trinajstić information content (AvgIpc) is 2.68. The number of hydrogen-bond donors (Lipinski definition) is 1. The molecule has 1 aliphatic rings. The summed E-state index contributed by atoms with van der Waals surface area (Å²) in [6, 6.07) is 3.63. The fraction of sp³-hybridized carbons (Fsp3) is 0.667. The van der Waals surface area contributed by atoms with Crippen LogP contribution in [-0.4, -0.2) is 59.3 Å². The summed E-state index contributed by atoms with van der Waals surface area (Å²) in [7, 11) is 0. The summed E-state index contributed by atoms with van der Waals surface area (Å²) in [4.78, 5) is 32.1. The lowest BCUT2D eigenvalue weighted by molar-refractivity contribution is -0.133. The third-order valence-electron chi connectivity index (χ3n) is 5.46. The first-order valence-electron chi connectivity index (χ1n) is 10.2. The van der Waals surface area contributed by atoms with Crippen molar-refractivity contribution >= 4 is 11.8 Å². The number of carbonyl (C=O) groups is 2. The van der Waals surface area contributed by atoms with Gasteiger partial charge in [0.15, 0.2) is 0 Å². The zero-order chi connectivity index (χ0) is 19.6. The number of primary amides is 1. The minimum Gasteiger partial charge on any atom is -0.366 e. The second-order valence-electron chi connectivity index (χ2n) is 7.65. The van der Waals surface area contributed by atoms with Crippen LogP contribution in [0, 0.1) is 5.92 Å². The molecule has 0 radical (unpaired) electrons. The summed E-state index contributed by atoms with van der Waals surface area (Å²) in [6.45, 7) is 9.10. The normalized spacial score (nSPS) is 16.3. The molecule has 0 spiro atoms. The Bertz CT molecular complexity index is 595. The zero-order valence-corrected chi connectivity index (χ0v) is 16.8. The van der Waals surface area contributed by atoms with Crippen LogP contribution < -0.4 is 5.73 Å². The Balaban J connectivity index is 1.56. The molecule has 1 aromatic rings. The third-order valence-corrected chi connectivity index (χ3v) is 5.46. The van der Waals surface area contributed by atoms with E-state index in [9.17, 15) is 9.59 Å². The second-order valence-corrected chi connectivity index (χ2v) is 7.65. The molecule has 2 amide bonds. The first-order valence-corrected chi connectivity index (χ1v) is 10.2. The Hall–Kier alpha value is -1.95. The first-order chi connectivity index (χ1) is 13.0. The number of nitrogens with zero attached hydrogens (tertiary/aromatic N) is 3. The van der Waals surface area contributed by atoms with E-state index in [2.05, 4.69) is 23.7 Å². The molecule has 6 heteroatoms. The van der Waals surface area contributed by atoms with Crippen LogP contribution in [0.3, 0.4) is 0 Å². The standard InChI is InChI=1S/C21H34N4O2/c1-3-17(2)15-20(26)25-13-11-24(12-14-25)10-6-4-5-7-19-9-8-18(16-23-19)21(22)27/h8-9,16-17H,3-7,10-15H2,1-2H3,(H2,22,27). The number of rotatable bonds is 10. The van der Waals surface area contributed by atoms with E-state index in [0.717, 1.165) is 64.1 Å². The van der Waals surface area contributed by atoms with Crippen LogP contribution in [0.5, 0.6) is 0 Å². The summed E-state index contributed by atoms with van der Waals surface area (Å²) < 4.78 is 0. The van der Waals surface area contributed by atoms with Gasteiger partial charge < -0.3 is 10.6 Å². The Morgan fingerprint density at radius 3 is 2.48 bits per heavy atom. The van der Waals surface area contributed by atoms with Crippen molar-refractivity contribution in [1.82, 2.24) is 14.8 Å². The number of pyridine rings is 1. The van der Waals surface area contributed by atoms with Gasteiger partial charge in [-0.15, -0.1) is 0 Å². The molecule has 1 fully saturated rings. The summed E-state index contributed by atoms with van der Waals surface area (Å²) in [5.74, 6) is 0.367. The van der Waals surface area contributed by atoms with Crippen molar-refractivity contribution in [3.8, 4) is 0 Å². The number of piperazine rings is 1. The number of unbranched alkanes of at least 4 members (excludes halogenated alkanes) is 2. The van der Waals surface area contributed by atoms with Gasteiger partial charge in [-0.3, -0.25) is 19.5 Å². The molecule has 1 aliphatic heterocycles. The van der Waals surface area contributed by atoms with E-state index in [4.69, 9.17) is 5.73 Å². The molecule has 1 saturated heterocycles. The molecule has 27 heavy (non-hydrogen) atoms. The van der Waals surface area contributed by atoms with E-state index in [-0.39, 0.29) is 0 Å². The summed E-state index contributed by atoms with van der Waals surface area (Å²) >= 11 is 0. The van der Waals surface area contributed by atoms with E-state index in [0.29, 0.717) is 23.8 Å². The molecule has 1 unspecified atom stereocenters. The van der Waals surface area contributed by atoms with Crippen molar-refractivity contribution < 1.29 is 9.59 Å². The van der Waals surface area contributed by atoms with Crippen LogP contribution in [0.2, 0.25) is 0 Å². The Kier molecular flexibility index (Phi) is 8.72. The minimum absolute atomic E-state index is 0.318. The largest absolute Gasteiger partial charge is 0.366 e. The molecule has 1 atom stereocenters. The molecule has 6 nitrogen and oxygen atoms in total. The number of nitrogens with two attached hydrogens (primary N) is 1. The van der Waals surface area contributed by atoms with Gasteiger partial charge in [0, 0.05) is 44.5 Å². The number of aromatic nitrogens is 1. The van der Waals surface area contributed by atoms with E-state index < -0.39 is 5.91 Å². The lowest BCUT2D eigenvalue weighted by Crippen LogP contribution is -2.49. The van der Waals surface area contributed by atoms with Crippen molar-refractivity contribution in [2.24, 2.45) is 11.7 Å². The Morgan fingerprint density at radius 1 is 1.15 bits per heavy atom. The maximum absolute atomic E-state index is 12.2. The number of carbonyl (C=O) groups excluding carboxylic acids is 2. The maximum atomic E-state index is 12.2. The third kappa shape index (κ3) is 7.29. The van der Waals surface area contributed by atoms with Gasteiger partial charge in [0.2, 0.25) is 11.8 Å². The molecule has 0 bridgehead atoms. The van der Waals surface area contributed by atoms with Gasteiger partial charge in [-0.05, 0) is 43.9 Å². The maximum Gasteiger partial charge on any atom is 0.250 e. The van der Waals surface area contributed by atoms with E-state index >= 15 is 0 Å². The summed E-state index contributed by atoms with van der Waals surface area (Å²) in [5.41, 5.74) is 6.69. The molecule has 150 valence electrons. The van der Waals surface area contributed by atoms with Gasteiger partial charge in [0.05, 0.1) is 5.56 Å². The quantitative estimate of drug-likeness (QED) is 0.638. The predicted molar refractivity (Wildman–Crippen MR) is 107 cm³/mol. The van der Waals surface area contributed by atoms with Crippen LogP contribution in [0.15, 0.2) is 18.3 Å². The van der Waals surface area contributed by atoms with Crippen molar-refractivity contribution in [1.29, 1.82) is 0 Å². The predicted octanol–water partition coefficient (Wildman–Crippen LogP) is 2.47. The Morgan fingerprint density at radius 2 is 1.89 bits per heavy atom. The van der Waals surface area contributed by atoms with Crippen molar-refractivity contribution in [2.45, 2.75) is 52.4 Å². The number of aryl methyl sites for hydroxylation is 1. The highest BCUT2D eigenvalue weighted by Crippen LogP contribution is 2.12. The highest BCUT2D eigenvalue weighted by Gasteiger charge is 2.21. The highest BCUT2D eigenvalue weighted by molar-refractivity contribution is 5.92. The van der Waals surface area contributed by atoms with Crippen LogP contribution in [-0.2, 0) is 11.2 Å². The molecule has 2 heterocycles. The molecule has 0 saturated carbocycles. The molecular weight excluding hydrogens is 340 g/mol. The van der Waals surface area contributed by atoms with Gasteiger partial charge in [-0.1, -0.05) is 26.7 Å². The van der Waals surface area contributed by atoms with Crippen molar-refractivity contribution in [3.63, 3.8) is 0 Å². The van der Waals surface area contributed by atoms with Crippen molar-refractivity contribution in [3.05, 3.63) is 29.6 Å². The number of amides is 2. The van der Waals surface area contributed by atoms with E-state index in [1.54, 1.807) is 12.3 Å². The molecule has 0 aromatic carbocycles. The van der Waals surface area contributed by atoms with Gasteiger partial charge in [0.25, 0.3) is 0 Å².